The Morgan fingerprint density at radius 1 is 1.42 bits per heavy atom. The number of amides is 1. The van der Waals surface area contributed by atoms with Crippen LogP contribution in [0.25, 0.3) is 10.7 Å². The van der Waals surface area contributed by atoms with Crippen molar-refractivity contribution in [3.8, 4) is 10.7 Å². The molecule has 1 amide bonds. The molecule has 1 fully saturated rings. The third-order valence-corrected chi connectivity index (χ3v) is 4.96. The van der Waals surface area contributed by atoms with Gasteiger partial charge in [-0.3, -0.25) is 4.79 Å². The lowest BCUT2D eigenvalue weighted by Crippen LogP contribution is -2.47. The van der Waals surface area contributed by atoms with E-state index < -0.39 is 12.0 Å². The van der Waals surface area contributed by atoms with Crippen LogP contribution in [0.4, 0.5) is 0 Å². The minimum absolute atomic E-state index is 0.111. The van der Waals surface area contributed by atoms with Crippen molar-refractivity contribution in [2.75, 3.05) is 6.54 Å². The van der Waals surface area contributed by atoms with Crippen molar-refractivity contribution < 1.29 is 19.2 Å². The monoisotopic (exact) mass is 349 g/mol. The molecule has 0 bridgehead atoms. The fourth-order valence-corrected chi connectivity index (χ4v) is 3.53. The van der Waals surface area contributed by atoms with Crippen LogP contribution in [-0.4, -0.2) is 44.6 Å². The van der Waals surface area contributed by atoms with Gasteiger partial charge in [-0.15, -0.1) is 11.3 Å². The summed E-state index contributed by atoms with van der Waals surface area (Å²) in [5.74, 6) is 0.0357. The SMILES string of the molecule is O=C(O)C1CCCCN1C(=O)CCCc1nc(-c2cccs2)no1. The summed E-state index contributed by atoms with van der Waals surface area (Å²) in [6, 6.07) is 3.16. The lowest BCUT2D eigenvalue weighted by atomic mass is 10.0. The van der Waals surface area contributed by atoms with E-state index >= 15 is 0 Å². The van der Waals surface area contributed by atoms with Gasteiger partial charge in [0.25, 0.3) is 0 Å². The van der Waals surface area contributed by atoms with Gasteiger partial charge in [-0.05, 0) is 37.1 Å². The molecular weight excluding hydrogens is 330 g/mol. The second-order valence-corrected chi connectivity index (χ2v) is 6.73. The summed E-state index contributed by atoms with van der Waals surface area (Å²) in [5, 5.41) is 15.1. The third kappa shape index (κ3) is 3.81. The molecule has 0 saturated carbocycles. The molecule has 0 spiro atoms. The van der Waals surface area contributed by atoms with Crippen molar-refractivity contribution >= 4 is 23.2 Å². The standard InChI is InChI=1S/C16H19N3O4S/c20-14(19-9-2-1-5-11(19)16(21)22)8-3-7-13-17-15(18-23-13)12-6-4-10-24-12/h4,6,10-11H,1-3,5,7-9H2,(H,21,22). The van der Waals surface area contributed by atoms with E-state index in [2.05, 4.69) is 10.1 Å². The highest BCUT2D eigenvalue weighted by Crippen LogP contribution is 2.22. The summed E-state index contributed by atoms with van der Waals surface area (Å²) in [6.45, 7) is 0.527. The highest BCUT2D eigenvalue weighted by molar-refractivity contribution is 7.13. The molecule has 3 rings (SSSR count). The number of hydrogen-bond donors (Lipinski definition) is 1. The zero-order chi connectivity index (χ0) is 16.9. The zero-order valence-corrected chi connectivity index (χ0v) is 14.0. The second-order valence-electron chi connectivity index (χ2n) is 5.78. The van der Waals surface area contributed by atoms with Crippen molar-refractivity contribution in [2.24, 2.45) is 0 Å². The number of nitrogens with zero attached hydrogens (tertiary/aromatic N) is 3. The van der Waals surface area contributed by atoms with Gasteiger partial charge in [-0.1, -0.05) is 11.2 Å². The van der Waals surface area contributed by atoms with Crippen LogP contribution >= 0.6 is 11.3 Å². The highest BCUT2D eigenvalue weighted by Gasteiger charge is 2.31. The number of aromatic nitrogens is 2. The first kappa shape index (κ1) is 16.6. The highest BCUT2D eigenvalue weighted by atomic mass is 32.1. The smallest absolute Gasteiger partial charge is 0.326 e. The Kier molecular flexibility index (Phi) is 5.24. The summed E-state index contributed by atoms with van der Waals surface area (Å²) in [6.07, 6.45) is 3.62. The number of likely N-dealkylation sites (tertiary alicyclic amines) is 1. The number of carbonyl (C=O) groups excluding carboxylic acids is 1. The van der Waals surface area contributed by atoms with Gasteiger partial charge in [0.2, 0.25) is 17.6 Å². The fourth-order valence-electron chi connectivity index (χ4n) is 2.88. The molecule has 1 unspecified atom stereocenters. The molecule has 0 radical (unpaired) electrons. The van der Waals surface area contributed by atoms with Crippen LogP contribution < -0.4 is 0 Å². The molecule has 2 aromatic heterocycles. The summed E-state index contributed by atoms with van der Waals surface area (Å²) >= 11 is 1.54. The Morgan fingerprint density at radius 2 is 2.29 bits per heavy atom. The first-order valence-corrected chi connectivity index (χ1v) is 8.92. The topological polar surface area (TPSA) is 96.5 Å². The summed E-state index contributed by atoms with van der Waals surface area (Å²) in [4.78, 5) is 30.3. The summed E-state index contributed by atoms with van der Waals surface area (Å²) in [5.41, 5.74) is 0. The molecular formula is C16H19N3O4S. The maximum absolute atomic E-state index is 12.3. The van der Waals surface area contributed by atoms with E-state index in [-0.39, 0.29) is 5.91 Å². The average molecular weight is 349 g/mol. The molecule has 1 saturated heterocycles. The molecule has 1 aliphatic heterocycles. The number of hydrogen-bond acceptors (Lipinski definition) is 6. The molecule has 0 aliphatic carbocycles. The van der Waals surface area contributed by atoms with Gasteiger partial charge in [0.1, 0.15) is 6.04 Å². The first-order valence-electron chi connectivity index (χ1n) is 8.04. The van der Waals surface area contributed by atoms with E-state index in [0.29, 0.717) is 43.9 Å². The second kappa shape index (κ2) is 7.57. The van der Waals surface area contributed by atoms with Gasteiger partial charge in [0.05, 0.1) is 4.88 Å². The number of rotatable bonds is 6. The van der Waals surface area contributed by atoms with E-state index in [1.807, 2.05) is 17.5 Å². The summed E-state index contributed by atoms with van der Waals surface area (Å²) < 4.78 is 5.20. The van der Waals surface area contributed by atoms with Crippen molar-refractivity contribution in [3.05, 3.63) is 23.4 Å². The van der Waals surface area contributed by atoms with Gasteiger partial charge < -0.3 is 14.5 Å². The molecule has 0 aromatic carbocycles. The number of carboxylic acid groups (broad SMARTS) is 1. The van der Waals surface area contributed by atoms with E-state index in [0.717, 1.165) is 17.7 Å². The molecule has 7 nitrogen and oxygen atoms in total. The Hall–Kier alpha value is -2.22. The Morgan fingerprint density at radius 3 is 3.04 bits per heavy atom. The minimum atomic E-state index is -0.916. The lowest BCUT2D eigenvalue weighted by Gasteiger charge is -2.33. The molecule has 8 heteroatoms. The van der Waals surface area contributed by atoms with E-state index in [9.17, 15) is 14.7 Å². The maximum atomic E-state index is 12.3. The van der Waals surface area contributed by atoms with Crippen molar-refractivity contribution in [2.45, 2.75) is 44.6 Å². The van der Waals surface area contributed by atoms with Gasteiger partial charge in [-0.25, -0.2) is 4.79 Å². The quantitative estimate of drug-likeness (QED) is 0.861. The molecule has 1 atom stereocenters. The summed E-state index contributed by atoms with van der Waals surface area (Å²) in [7, 11) is 0. The van der Waals surface area contributed by atoms with Crippen LogP contribution in [0.5, 0.6) is 0 Å². The van der Waals surface area contributed by atoms with Crippen molar-refractivity contribution in [3.63, 3.8) is 0 Å². The fraction of sp³-hybridized carbons (Fsp3) is 0.500. The number of carbonyl (C=O) groups is 2. The van der Waals surface area contributed by atoms with Gasteiger partial charge in [0, 0.05) is 19.4 Å². The first-order chi connectivity index (χ1) is 11.6. The minimum Gasteiger partial charge on any atom is -0.480 e. The zero-order valence-electron chi connectivity index (χ0n) is 13.2. The Labute approximate surface area is 143 Å². The van der Waals surface area contributed by atoms with E-state index in [1.165, 1.54) is 16.2 Å². The van der Waals surface area contributed by atoms with Crippen LogP contribution in [0.1, 0.15) is 38.0 Å². The number of carboxylic acids is 1. The van der Waals surface area contributed by atoms with Gasteiger partial charge in [0.15, 0.2) is 0 Å². The number of piperidine rings is 1. The Balaban J connectivity index is 1.50. The van der Waals surface area contributed by atoms with Crippen LogP contribution in [0.3, 0.4) is 0 Å². The Bertz CT molecular complexity index is 698. The van der Waals surface area contributed by atoms with Crippen LogP contribution in [0.2, 0.25) is 0 Å². The van der Waals surface area contributed by atoms with E-state index in [4.69, 9.17) is 4.52 Å². The van der Waals surface area contributed by atoms with Crippen LogP contribution in [0, 0.1) is 0 Å². The normalized spacial score (nSPS) is 17.8. The average Bonchev–Trinajstić information content (AvgIpc) is 3.26. The van der Waals surface area contributed by atoms with Crippen molar-refractivity contribution in [1.82, 2.24) is 15.0 Å². The van der Waals surface area contributed by atoms with E-state index in [1.54, 1.807) is 0 Å². The molecule has 1 aliphatic rings. The van der Waals surface area contributed by atoms with Crippen LogP contribution in [-0.2, 0) is 16.0 Å². The molecule has 2 aromatic rings. The third-order valence-electron chi connectivity index (χ3n) is 4.10. The number of aliphatic carboxylic acids is 1. The molecule has 24 heavy (non-hydrogen) atoms. The largest absolute Gasteiger partial charge is 0.480 e. The van der Waals surface area contributed by atoms with Gasteiger partial charge in [-0.2, -0.15) is 4.98 Å². The predicted octanol–water partition coefficient (Wildman–Crippen LogP) is 2.59. The predicted molar refractivity (Wildman–Crippen MR) is 87.5 cm³/mol. The maximum Gasteiger partial charge on any atom is 0.326 e. The molecule has 128 valence electrons. The van der Waals surface area contributed by atoms with Gasteiger partial charge >= 0.3 is 5.97 Å². The lowest BCUT2D eigenvalue weighted by molar-refractivity contribution is -0.152. The molecule has 1 N–H and O–H groups in total. The van der Waals surface area contributed by atoms with Crippen molar-refractivity contribution in [1.29, 1.82) is 0 Å². The molecule has 3 heterocycles. The number of aryl methyl sites for hydroxylation is 1. The number of thiophene rings is 1. The van der Waals surface area contributed by atoms with Crippen LogP contribution in [0.15, 0.2) is 22.0 Å².